The zero-order valence-electron chi connectivity index (χ0n) is 9.99. The van der Waals surface area contributed by atoms with E-state index in [0.29, 0.717) is 23.2 Å². The molecule has 0 fully saturated rings. The lowest BCUT2D eigenvalue weighted by Crippen LogP contribution is -2.35. The van der Waals surface area contributed by atoms with Crippen LogP contribution in [-0.2, 0) is 4.79 Å². The van der Waals surface area contributed by atoms with Crippen LogP contribution < -0.4 is 16.8 Å². The molecule has 0 saturated carbocycles. The van der Waals surface area contributed by atoms with Gasteiger partial charge in [-0.2, -0.15) is 0 Å². The molecule has 5 N–H and O–H groups in total. The zero-order valence-corrected chi connectivity index (χ0v) is 9.99. The third-order valence-corrected chi connectivity index (χ3v) is 2.63. The third-order valence-electron chi connectivity index (χ3n) is 2.63. The Kier molecular flexibility index (Phi) is 4.23. The first-order valence-corrected chi connectivity index (χ1v) is 5.43. The molecule has 0 saturated heterocycles. The van der Waals surface area contributed by atoms with Gasteiger partial charge in [0.2, 0.25) is 11.8 Å². The number of amides is 2. The number of primary amides is 1. The maximum absolute atomic E-state index is 11.6. The number of rotatable bonds is 4. The van der Waals surface area contributed by atoms with Gasteiger partial charge in [-0.3, -0.25) is 9.59 Å². The van der Waals surface area contributed by atoms with Crippen molar-refractivity contribution in [3.63, 3.8) is 0 Å². The van der Waals surface area contributed by atoms with E-state index in [9.17, 15) is 9.59 Å². The summed E-state index contributed by atoms with van der Waals surface area (Å²) in [6, 6.07) is 4.45. The Morgan fingerprint density at radius 2 is 2.06 bits per heavy atom. The fourth-order valence-corrected chi connectivity index (χ4v) is 1.45. The van der Waals surface area contributed by atoms with E-state index < -0.39 is 11.9 Å². The molecular formula is C12H17N3O2. The first kappa shape index (κ1) is 13.2. The summed E-state index contributed by atoms with van der Waals surface area (Å²) >= 11 is 0. The van der Waals surface area contributed by atoms with Crippen LogP contribution in [0.25, 0.3) is 0 Å². The molecule has 1 atom stereocenters. The number of hydrogen-bond donors (Lipinski definition) is 3. The summed E-state index contributed by atoms with van der Waals surface area (Å²) in [5.41, 5.74) is 12.4. The van der Waals surface area contributed by atoms with Gasteiger partial charge >= 0.3 is 0 Å². The molecule has 0 aliphatic rings. The predicted octanol–water partition coefficient (Wildman–Crippen LogP) is 0.770. The molecule has 92 valence electrons. The standard InChI is InChI=1S/C12H17N3O2/c1-3-9(13)12(17)15-10-6-4-5-8(7(10)2)11(14)16/h4-6,9H,3,13H2,1-2H3,(H2,14,16)(H,15,17)/t9-/m0/s1. The Balaban J connectivity index is 2.96. The molecule has 5 heteroatoms. The minimum Gasteiger partial charge on any atom is -0.366 e. The van der Waals surface area contributed by atoms with Crippen molar-refractivity contribution in [1.29, 1.82) is 0 Å². The van der Waals surface area contributed by atoms with Gasteiger partial charge in [0.25, 0.3) is 0 Å². The van der Waals surface area contributed by atoms with E-state index in [-0.39, 0.29) is 5.91 Å². The number of carbonyl (C=O) groups is 2. The molecule has 0 bridgehead atoms. The normalized spacial score (nSPS) is 11.9. The lowest BCUT2D eigenvalue weighted by atomic mass is 10.1. The number of nitrogens with two attached hydrogens (primary N) is 2. The summed E-state index contributed by atoms with van der Waals surface area (Å²) < 4.78 is 0. The molecule has 0 spiro atoms. The van der Waals surface area contributed by atoms with Crippen molar-refractivity contribution in [3.8, 4) is 0 Å². The molecule has 5 nitrogen and oxygen atoms in total. The number of hydrogen-bond acceptors (Lipinski definition) is 3. The van der Waals surface area contributed by atoms with Gasteiger partial charge in [0.1, 0.15) is 0 Å². The van der Waals surface area contributed by atoms with Crippen molar-refractivity contribution in [1.82, 2.24) is 0 Å². The Labute approximate surface area is 100 Å². The van der Waals surface area contributed by atoms with Crippen molar-refractivity contribution in [2.45, 2.75) is 26.3 Å². The molecule has 0 aliphatic carbocycles. The average molecular weight is 235 g/mol. The molecule has 2 amide bonds. The van der Waals surface area contributed by atoms with E-state index >= 15 is 0 Å². The molecule has 0 radical (unpaired) electrons. The number of anilines is 1. The molecule has 1 aromatic rings. The Morgan fingerprint density at radius 1 is 1.41 bits per heavy atom. The van der Waals surface area contributed by atoms with Crippen LogP contribution in [0.5, 0.6) is 0 Å². The molecule has 17 heavy (non-hydrogen) atoms. The molecule has 1 rings (SSSR count). The minimum absolute atomic E-state index is 0.266. The highest BCUT2D eigenvalue weighted by molar-refractivity contribution is 5.99. The van der Waals surface area contributed by atoms with Crippen LogP contribution in [0.4, 0.5) is 5.69 Å². The maximum Gasteiger partial charge on any atom is 0.249 e. The predicted molar refractivity (Wildman–Crippen MR) is 66.6 cm³/mol. The Hall–Kier alpha value is -1.88. The van der Waals surface area contributed by atoms with Gasteiger partial charge < -0.3 is 16.8 Å². The summed E-state index contributed by atoms with van der Waals surface area (Å²) in [6.07, 6.45) is 0.556. The van der Waals surface area contributed by atoms with E-state index in [1.165, 1.54) is 0 Å². The van der Waals surface area contributed by atoms with E-state index in [1.54, 1.807) is 25.1 Å². The largest absolute Gasteiger partial charge is 0.366 e. The van der Waals surface area contributed by atoms with Gasteiger partial charge in [-0.05, 0) is 31.0 Å². The van der Waals surface area contributed by atoms with Crippen LogP contribution in [-0.4, -0.2) is 17.9 Å². The van der Waals surface area contributed by atoms with Crippen molar-refractivity contribution in [3.05, 3.63) is 29.3 Å². The second-order valence-electron chi connectivity index (χ2n) is 3.85. The van der Waals surface area contributed by atoms with Gasteiger partial charge in [0, 0.05) is 11.3 Å². The van der Waals surface area contributed by atoms with Gasteiger partial charge in [0.15, 0.2) is 0 Å². The molecule has 0 heterocycles. The van der Waals surface area contributed by atoms with Gasteiger partial charge in [0.05, 0.1) is 6.04 Å². The van der Waals surface area contributed by atoms with E-state index in [1.807, 2.05) is 6.92 Å². The summed E-state index contributed by atoms with van der Waals surface area (Å²) in [6.45, 7) is 3.56. The number of benzene rings is 1. The monoisotopic (exact) mass is 235 g/mol. The first-order chi connectivity index (χ1) is 7.97. The second kappa shape index (κ2) is 5.45. The van der Waals surface area contributed by atoms with Crippen molar-refractivity contribution in [2.24, 2.45) is 11.5 Å². The molecule has 0 unspecified atom stereocenters. The zero-order chi connectivity index (χ0) is 13.0. The maximum atomic E-state index is 11.6. The van der Waals surface area contributed by atoms with Gasteiger partial charge in [-0.1, -0.05) is 13.0 Å². The molecular weight excluding hydrogens is 218 g/mol. The lowest BCUT2D eigenvalue weighted by Gasteiger charge is -2.13. The summed E-state index contributed by atoms with van der Waals surface area (Å²) in [4.78, 5) is 22.8. The van der Waals surface area contributed by atoms with Crippen LogP contribution in [0.3, 0.4) is 0 Å². The molecule has 0 aliphatic heterocycles. The Bertz CT molecular complexity index is 443. The highest BCUT2D eigenvalue weighted by atomic mass is 16.2. The quantitative estimate of drug-likeness (QED) is 0.718. The van der Waals surface area contributed by atoms with Crippen LogP contribution in [0, 0.1) is 6.92 Å². The summed E-state index contributed by atoms with van der Waals surface area (Å²) in [5, 5.41) is 2.68. The lowest BCUT2D eigenvalue weighted by molar-refractivity contribution is -0.117. The smallest absolute Gasteiger partial charge is 0.249 e. The first-order valence-electron chi connectivity index (χ1n) is 5.43. The van der Waals surface area contributed by atoms with Crippen molar-refractivity contribution >= 4 is 17.5 Å². The second-order valence-corrected chi connectivity index (χ2v) is 3.85. The van der Waals surface area contributed by atoms with Gasteiger partial charge in [-0.25, -0.2) is 0 Å². The summed E-state index contributed by atoms with van der Waals surface area (Å²) in [7, 11) is 0. The van der Waals surface area contributed by atoms with Crippen LogP contribution in [0.2, 0.25) is 0 Å². The van der Waals surface area contributed by atoms with Gasteiger partial charge in [-0.15, -0.1) is 0 Å². The van der Waals surface area contributed by atoms with E-state index in [2.05, 4.69) is 5.32 Å². The summed E-state index contributed by atoms with van der Waals surface area (Å²) in [5.74, 6) is -0.782. The number of carbonyl (C=O) groups excluding carboxylic acids is 2. The fraction of sp³-hybridized carbons (Fsp3) is 0.333. The van der Waals surface area contributed by atoms with E-state index in [4.69, 9.17) is 11.5 Å². The highest BCUT2D eigenvalue weighted by Gasteiger charge is 2.14. The molecule has 1 aromatic carbocycles. The van der Waals surface area contributed by atoms with Crippen LogP contribution >= 0.6 is 0 Å². The number of nitrogens with one attached hydrogen (secondary N) is 1. The van der Waals surface area contributed by atoms with Crippen LogP contribution in [0.1, 0.15) is 29.3 Å². The Morgan fingerprint density at radius 3 is 2.59 bits per heavy atom. The van der Waals surface area contributed by atoms with Crippen molar-refractivity contribution in [2.75, 3.05) is 5.32 Å². The topological polar surface area (TPSA) is 98.2 Å². The van der Waals surface area contributed by atoms with E-state index in [0.717, 1.165) is 0 Å². The molecule has 0 aromatic heterocycles. The highest BCUT2D eigenvalue weighted by Crippen LogP contribution is 2.18. The average Bonchev–Trinajstić information content (AvgIpc) is 2.30. The third kappa shape index (κ3) is 3.04. The SMILES string of the molecule is CC[C@H](N)C(=O)Nc1cccc(C(N)=O)c1C. The van der Waals surface area contributed by atoms with Crippen molar-refractivity contribution < 1.29 is 9.59 Å². The van der Waals surface area contributed by atoms with Crippen LogP contribution in [0.15, 0.2) is 18.2 Å². The fourth-order valence-electron chi connectivity index (χ4n) is 1.45. The minimum atomic E-state index is -0.549.